The maximum atomic E-state index is 12.6. The molecule has 0 bridgehead atoms. The predicted octanol–water partition coefficient (Wildman–Crippen LogP) is 2.47. The van der Waals surface area contributed by atoms with Crippen LogP contribution >= 0.6 is 0 Å². The van der Waals surface area contributed by atoms with E-state index in [-0.39, 0.29) is 11.8 Å². The molecule has 0 aliphatic carbocycles. The molecule has 1 N–H and O–H groups in total. The van der Waals surface area contributed by atoms with E-state index in [0.29, 0.717) is 6.54 Å². The van der Waals surface area contributed by atoms with Gasteiger partial charge < -0.3 is 9.88 Å². The summed E-state index contributed by atoms with van der Waals surface area (Å²) in [5.74, 6) is 1.15. The number of aromatic nitrogens is 4. The Morgan fingerprint density at radius 1 is 1.31 bits per heavy atom. The lowest BCUT2D eigenvalue weighted by Gasteiger charge is -2.23. The summed E-state index contributed by atoms with van der Waals surface area (Å²) in [4.78, 5) is 17.0. The van der Waals surface area contributed by atoms with Crippen LogP contribution in [0.25, 0.3) is 11.3 Å². The minimum absolute atomic E-state index is 0.0143. The fourth-order valence-electron chi connectivity index (χ4n) is 3.59. The van der Waals surface area contributed by atoms with Crippen LogP contribution in [-0.2, 0) is 31.4 Å². The minimum Gasteiger partial charge on any atom is -0.350 e. The lowest BCUT2D eigenvalue weighted by Crippen LogP contribution is -2.35. The van der Waals surface area contributed by atoms with Gasteiger partial charge in [0.15, 0.2) is 0 Å². The Morgan fingerprint density at radius 3 is 2.92 bits per heavy atom. The lowest BCUT2D eigenvalue weighted by atomic mass is 9.95. The highest BCUT2D eigenvalue weighted by Crippen LogP contribution is 2.22. The van der Waals surface area contributed by atoms with Gasteiger partial charge in [0, 0.05) is 43.4 Å². The van der Waals surface area contributed by atoms with Crippen molar-refractivity contribution in [3.05, 3.63) is 59.8 Å². The zero-order valence-electron chi connectivity index (χ0n) is 15.1. The molecule has 0 spiro atoms. The Morgan fingerprint density at radius 2 is 2.12 bits per heavy atom. The molecule has 0 radical (unpaired) electrons. The smallest absolute Gasteiger partial charge is 0.223 e. The number of fused-ring (bicyclic) bond motifs is 1. The van der Waals surface area contributed by atoms with Crippen LogP contribution in [0.15, 0.2) is 42.6 Å². The van der Waals surface area contributed by atoms with E-state index in [1.807, 2.05) is 61.2 Å². The summed E-state index contributed by atoms with van der Waals surface area (Å²) in [5, 5.41) is 7.64. The van der Waals surface area contributed by atoms with Crippen molar-refractivity contribution in [2.75, 3.05) is 0 Å². The predicted molar refractivity (Wildman–Crippen MR) is 99.3 cm³/mol. The van der Waals surface area contributed by atoms with Gasteiger partial charge in [-0.3, -0.25) is 9.48 Å². The second-order valence-corrected chi connectivity index (χ2v) is 6.87. The van der Waals surface area contributed by atoms with Gasteiger partial charge in [0.25, 0.3) is 0 Å². The molecular formula is C20H23N5O. The number of carbonyl (C=O) groups excluding carboxylic acids is 1. The number of rotatable bonds is 4. The molecule has 3 heterocycles. The van der Waals surface area contributed by atoms with Gasteiger partial charge in [-0.25, -0.2) is 4.98 Å². The van der Waals surface area contributed by atoms with E-state index >= 15 is 0 Å². The molecule has 0 saturated heterocycles. The molecule has 3 aromatic rings. The van der Waals surface area contributed by atoms with Crippen molar-refractivity contribution in [1.82, 2.24) is 24.6 Å². The van der Waals surface area contributed by atoms with Gasteiger partial charge in [-0.15, -0.1) is 0 Å². The topological polar surface area (TPSA) is 64.7 Å². The van der Waals surface area contributed by atoms with Crippen LogP contribution in [0.1, 0.15) is 23.6 Å². The molecule has 6 nitrogen and oxygen atoms in total. The van der Waals surface area contributed by atoms with Gasteiger partial charge in [0.1, 0.15) is 5.82 Å². The number of benzene rings is 1. The second kappa shape index (κ2) is 6.78. The Labute approximate surface area is 152 Å². The Hall–Kier alpha value is -2.89. The molecule has 1 aliphatic heterocycles. The summed E-state index contributed by atoms with van der Waals surface area (Å²) >= 11 is 0. The number of nitrogens with one attached hydrogen (secondary N) is 1. The van der Waals surface area contributed by atoms with Crippen molar-refractivity contribution in [3.63, 3.8) is 0 Å². The highest BCUT2D eigenvalue weighted by Gasteiger charge is 2.25. The summed E-state index contributed by atoms with van der Waals surface area (Å²) in [6.45, 7) is 3.36. The monoisotopic (exact) mass is 349 g/mol. The zero-order valence-corrected chi connectivity index (χ0v) is 15.1. The van der Waals surface area contributed by atoms with Gasteiger partial charge in [-0.2, -0.15) is 5.10 Å². The number of amides is 1. The number of hydrogen-bond donors (Lipinski definition) is 1. The van der Waals surface area contributed by atoms with Crippen molar-refractivity contribution in [3.8, 4) is 11.3 Å². The van der Waals surface area contributed by atoms with E-state index < -0.39 is 0 Å². The number of aryl methyl sites for hydroxylation is 2. The van der Waals surface area contributed by atoms with Gasteiger partial charge in [0.05, 0.1) is 17.9 Å². The molecule has 6 heteroatoms. The maximum absolute atomic E-state index is 12.6. The van der Waals surface area contributed by atoms with Gasteiger partial charge in [-0.05, 0) is 19.4 Å². The van der Waals surface area contributed by atoms with E-state index in [4.69, 9.17) is 0 Å². The largest absolute Gasteiger partial charge is 0.350 e. The normalized spacial score (nSPS) is 16.3. The number of hydrogen-bond acceptors (Lipinski definition) is 3. The zero-order chi connectivity index (χ0) is 18.1. The number of carbonyl (C=O) groups is 1. The molecule has 1 aliphatic rings. The van der Waals surface area contributed by atoms with Crippen LogP contribution in [0.4, 0.5) is 0 Å². The highest BCUT2D eigenvalue weighted by molar-refractivity contribution is 5.79. The third kappa shape index (κ3) is 3.14. The van der Waals surface area contributed by atoms with Crippen molar-refractivity contribution in [2.24, 2.45) is 13.0 Å². The average molecular weight is 349 g/mol. The third-order valence-corrected chi connectivity index (χ3v) is 5.16. The molecule has 0 fully saturated rings. The summed E-state index contributed by atoms with van der Waals surface area (Å²) in [6.07, 6.45) is 3.51. The lowest BCUT2D eigenvalue weighted by molar-refractivity contribution is -0.125. The fraction of sp³-hybridized carbons (Fsp3) is 0.350. The maximum Gasteiger partial charge on any atom is 0.223 e. The summed E-state index contributed by atoms with van der Waals surface area (Å²) in [6, 6.07) is 12.1. The Kier molecular flexibility index (Phi) is 4.32. The molecular weight excluding hydrogens is 326 g/mol. The molecule has 2 aromatic heterocycles. The number of nitrogens with zero attached hydrogens (tertiary/aromatic N) is 4. The first-order chi connectivity index (χ1) is 12.6. The first-order valence-corrected chi connectivity index (χ1v) is 8.99. The van der Waals surface area contributed by atoms with E-state index in [2.05, 4.69) is 20.0 Å². The van der Waals surface area contributed by atoms with Gasteiger partial charge in [0.2, 0.25) is 5.91 Å². The Balaban J connectivity index is 1.40. The van der Waals surface area contributed by atoms with Crippen molar-refractivity contribution < 1.29 is 4.79 Å². The van der Waals surface area contributed by atoms with Gasteiger partial charge >= 0.3 is 0 Å². The summed E-state index contributed by atoms with van der Waals surface area (Å²) in [7, 11) is 1.91. The molecule has 26 heavy (non-hydrogen) atoms. The first-order valence-electron chi connectivity index (χ1n) is 8.99. The SMILES string of the molecule is Cc1ncc2n1CCC(C(=O)NCc1cc(-c3ccccc3)nn1C)C2. The summed E-state index contributed by atoms with van der Waals surface area (Å²) in [5.41, 5.74) is 4.15. The quantitative estimate of drug-likeness (QED) is 0.787. The van der Waals surface area contributed by atoms with Crippen LogP contribution in [-0.4, -0.2) is 25.2 Å². The molecule has 1 amide bonds. The van der Waals surface area contributed by atoms with Crippen LogP contribution in [0, 0.1) is 12.8 Å². The van der Waals surface area contributed by atoms with E-state index in [1.165, 1.54) is 0 Å². The van der Waals surface area contributed by atoms with Crippen LogP contribution in [0.2, 0.25) is 0 Å². The fourth-order valence-corrected chi connectivity index (χ4v) is 3.59. The van der Waals surface area contributed by atoms with E-state index in [1.54, 1.807) is 0 Å². The highest BCUT2D eigenvalue weighted by atomic mass is 16.1. The Bertz CT molecular complexity index is 925. The molecule has 134 valence electrons. The minimum atomic E-state index is 0.0143. The molecule has 1 aromatic carbocycles. The third-order valence-electron chi connectivity index (χ3n) is 5.16. The van der Waals surface area contributed by atoms with Crippen molar-refractivity contribution in [2.45, 2.75) is 32.9 Å². The van der Waals surface area contributed by atoms with Crippen molar-refractivity contribution >= 4 is 5.91 Å². The first kappa shape index (κ1) is 16.6. The standard InChI is InChI=1S/C20H23N5O/c1-14-21-13-18-10-16(8-9-25(14)18)20(26)22-12-17-11-19(23-24(17)2)15-6-4-3-5-7-15/h3-7,11,13,16H,8-10,12H2,1-2H3,(H,22,26). The molecule has 1 atom stereocenters. The van der Waals surface area contributed by atoms with Crippen LogP contribution in [0.5, 0.6) is 0 Å². The van der Waals surface area contributed by atoms with Crippen molar-refractivity contribution in [1.29, 1.82) is 0 Å². The van der Waals surface area contributed by atoms with E-state index in [9.17, 15) is 4.79 Å². The van der Waals surface area contributed by atoms with Crippen LogP contribution < -0.4 is 5.32 Å². The molecule has 4 rings (SSSR count). The number of imidazole rings is 1. The second-order valence-electron chi connectivity index (χ2n) is 6.87. The van der Waals surface area contributed by atoms with Gasteiger partial charge in [-0.1, -0.05) is 30.3 Å². The van der Waals surface area contributed by atoms with E-state index in [0.717, 1.165) is 47.9 Å². The summed E-state index contributed by atoms with van der Waals surface area (Å²) < 4.78 is 4.04. The average Bonchev–Trinajstić information content (AvgIpc) is 3.23. The van der Waals surface area contributed by atoms with Crippen LogP contribution in [0.3, 0.4) is 0 Å². The molecule has 0 saturated carbocycles. The molecule has 1 unspecified atom stereocenters.